The summed E-state index contributed by atoms with van der Waals surface area (Å²) < 4.78 is 17.5. The van der Waals surface area contributed by atoms with Gasteiger partial charge in [0.15, 0.2) is 11.5 Å². The molecule has 1 aliphatic heterocycles. The number of H-pyrrole nitrogens is 1. The Hall–Kier alpha value is -3.52. The lowest BCUT2D eigenvalue weighted by Gasteiger charge is -2.27. The summed E-state index contributed by atoms with van der Waals surface area (Å²) in [6, 6.07) is 12.4. The smallest absolute Gasteiger partial charge is 0.273 e. The van der Waals surface area contributed by atoms with E-state index in [2.05, 4.69) is 17.1 Å². The molecule has 0 aliphatic carbocycles. The largest absolute Gasteiger partial charge is 0.507 e. The highest BCUT2D eigenvalue weighted by Gasteiger charge is 2.42. The third kappa shape index (κ3) is 5.18. The molecule has 1 amide bonds. The summed E-state index contributed by atoms with van der Waals surface area (Å²) >= 11 is 0. The molecule has 1 atom stereocenters. The van der Waals surface area contributed by atoms with E-state index in [1.54, 1.807) is 18.2 Å². The van der Waals surface area contributed by atoms with E-state index in [1.165, 1.54) is 0 Å². The highest BCUT2D eigenvalue weighted by atomic mass is 16.5. The Labute approximate surface area is 212 Å². The molecule has 2 heterocycles. The molecule has 2 N–H and O–H groups in total. The third-order valence-electron chi connectivity index (χ3n) is 6.06. The van der Waals surface area contributed by atoms with Crippen molar-refractivity contribution in [3.63, 3.8) is 0 Å². The van der Waals surface area contributed by atoms with Crippen molar-refractivity contribution < 1.29 is 24.1 Å². The predicted molar refractivity (Wildman–Crippen MR) is 138 cm³/mol. The molecule has 8 heteroatoms. The Morgan fingerprint density at radius 1 is 1.08 bits per heavy atom. The lowest BCUT2D eigenvalue weighted by molar-refractivity contribution is 0.0601. The third-order valence-corrected chi connectivity index (χ3v) is 6.06. The van der Waals surface area contributed by atoms with Crippen molar-refractivity contribution in [2.45, 2.75) is 52.7 Å². The fraction of sp³-hybridized carbons (Fsp3) is 0.429. The van der Waals surface area contributed by atoms with E-state index in [9.17, 15) is 9.90 Å². The van der Waals surface area contributed by atoms with E-state index in [0.29, 0.717) is 61.2 Å². The van der Waals surface area contributed by atoms with Gasteiger partial charge >= 0.3 is 0 Å². The molecule has 36 heavy (non-hydrogen) atoms. The van der Waals surface area contributed by atoms with Crippen LogP contribution >= 0.6 is 0 Å². The molecule has 2 aromatic carbocycles. The number of aromatic amines is 1. The molecular formula is C28H35N3O5. The number of nitrogens with zero attached hydrogens (tertiary/aromatic N) is 2. The fourth-order valence-electron chi connectivity index (χ4n) is 4.50. The van der Waals surface area contributed by atoms with Gasteiger partial charge in [0.05, 0.1) is 25.4 Å². The second-order valence-electron chi connectivity index (χ2n) is 9.04. The van der Waals surface area contributed by atoms with Crippen LogP contribution in [0.15, 0.2) is 42.5 Å². The summed E-state index contributed by atoms with van der Waals surface area (Å²) in [6.07, 6.45) is 1.71. The van der Waals surface area contributed by atoms with Gasteiger partial charge in [0.1, 0.15) is 17.1 Å². The number of aromatic nitrogens is 2. The van der Waals surface area contributed by atoms with Crippen LogP contribution in [-0.4, -0.2) is 58.6 Å². The van der Waals surface area contributed by atoms with Crippen LogP contribution in [0.1, 0.15) is 68.2 Å². The molecular weight excluding hydrogens is 458 g/mol. The van der Waals surface area contributed by atoms with E-state index in [0.717, 1.165) is 17.5 Å². The van der Waals surface area contributed by atoms with E-state index >= 15 is 0 Å². The second-order valence-corrected chi connectivity index (χ2v) is 9.04. The van der Waals surface area contributed by atoms with Gasteiger partial charge in [-0.3, -0.25) is 9.89 Å². The van der Waals surface area contributed by atoms with Crippen LogP contribution in [0.2, 0.25) is 0 Å². The maximum Gasteiger partial charge on any atom is 0.273 e. The first-order valence-electron chi connectivity index (χ1n) is 12.6. The Balaban J connectivity index is 1.77. The average Bonchev–Trinajstić information content (AvgIpc) is 3.40. The lowest BCUT2D eigenvalue weighted by atomic mass is 9.95. The minimum Gasteiger partial charge on any atom is -0.507 e. The zero-order valence-corrected chi connectivity index (χ0v) is 21.4. The van der Waals surface area contributed by atoms with Crippen LogP contribution in [0.3, 0.4) is 0 Å². The number of benzene rings is 2. The van der Waals surface area contributed by atoms with Crippen LogP contribution in [0.25, 0.3) is 11.3 Å². The van der Waals surface area contributed by atoms with Crippen molar-refractivity contribution in [2.75, 3.05) is 26.4 Å². The van der Waals surface area contributed by atoms with E-state index in [1.807, 2.05) is 49.9 Å². The Bertz CT molecular complexity index is 1190. The Kier molecular flexibility index (Phi) is 8.15. The fourth-order valence-corrected chi connectivity index (χ4v) is 4.50. The zero-order valence-electron chi connectivity index (χ0n) is 21.4. The minimum atomic E-state index is -0.403. The van der Waals surface area contributed by atoms with Gasteiger partial charge in [-0.2, -0.15) is 5.10 Å². The number of carbonyl (C=O) groups is 1. The van der Waals surface area contributed by atoms with Gasteiger partial charge in [0, 0.05) is 24.3 Å². The number of phenolic OH excluding ortho intramolecular Hbond substituents is 1. The maximum atomic E-state index is 13.6. The van der Waals surface area contributed by atoms with Crippen molar-refractivity contribution in [3.05, 3.63) is 59.3 Å². The maximum absolute atomic E-state index is 13.6. The van der Waals surface area contributed by atoms with Gasteiger partial charge in [-0.05, 0) is 63.4 Å². The van der Waals surface area contributed by atoms with Gasteiger partial charge in [-0.1, -0.05) is 25.1 Å². The molecule has 1 aliphatic rings. The number of aromatic hydroxyl groups is 1. The monoisotopic (exact) mass is 493 g/mol. The first-order chi connectivity index (χ1) is 17.5. The normalized spacial score (nSPS) is 15.0. The predicted octanol–water partition coefficient (Wildman–Crippen LogP) is 5.33. The molecule has 0 radical (unpaired) electrons. The van der Waals surface area contributed by atoms with Crippen molar-refractivity contribution in [1.29, 1.82) is 0 Å². The van der Waals surface area contributed by atoms with E-state index in [4.69, 9.17) is 14.2 Å². The standard InChI is InChI=1S/C28H35N3O5/c1-5-15-36-22-13-12-19(17-23(22)34-6-2)27-24-25(20-10-7-8-11-21(20)32)29-30-26(24)28(33)31(27)14-9-16-35-18(3)4/h7-8,10-13,17-18,27,32H,5-6,9,14-16H2,1-4H3,(H,29,30). The molecule has 4 rings (SSSR count). The van der Waals surface area contributed by atoms with Crippen LogP contribution in [0.4, 0.5) is 0 Å². The summed E-state index contributed by atoms with van der Waals surface area (Å²) in [4.78, 5) is 15.4. The van der Waals surface area contributed by atoms with Crippen LogP contribution in [0, 0.1) is 0 Å². The van der Waals surface area contributed by atoms with Gasteiger partial charge in [-0.25, -0.2) is 0 Å². The molecule has 0 spiro atoms. The van der Waals surface area contributed by atoms with Gasteiger partial charge in [0.2, 0.25) is 0 Å². The first-order valence-corrected chi connectivity index (χ1v) is 12.6. The number of hydrogen-bond donors (Lipinski definition) is 2. The Morgan fingerprint density at radius 3 is 2.61 bits per heavy atom. The molecule has 1 aromatic heterocycles. The quantitative estimate of drug-likeness (QED) is 0.331. The van der Waals surface area contributed by atoms with E-state index < -0.39 is 6.04 Å². The zero-order chi connectivity index (χ0) is 25.7. The van der Waals surface area contributed by atoms with Gasteiger partial charge < -0.3 is 24.2 Å². The lowest BCUT2D eigenvalue weighted by Crippen LogP contribution is -2.31. The number of hydrogen-bond acceptors (Lipinski definition) is 6. The minimum absolute atomic E-state index is 0.111. The molecule has 0 bridgehead atoms. The van der Waals surface area contributed by atoms with Crippen molar-refractivity contribution in [1.82, 2.24) is 15.1 Å². The van der Waals surface area contributed by atoms with Crippen LogP contribution in [0.5, 0.6) is 17.2 Å². The van der Waals surface area contributed by atoms with Crippen molar-refractivity contribution in [2.24, 2.45) is 0 Å². The molecule has 0 saturated heterocycles. The summed E-state index contributed by atoms with van der Waals surface area (Å²) in [5.41, 5.74) is 3.21. The number of carbonyl (C=O) groups excluding carboxylic acids is 1. The summed E-state index contributed by atoms with van der Waals surface area (Å²) in [5.74, 6) is 1.30. The molecule has 192 valence electrons. The SMILES string of the molecule is CCCOc1ccc(C2c3c(-c4ccccc4O)n[nH]c3C(=O)N2CCCOC(C)C)cc1OCC. The number of amides is 1. The molecule has 8 nitrogen and oxygen atoms in total. The topological polar surface area (TPSA) is 96.9 Å². The van der Waals surface area contributed by atoms with Gasteiger partial charge in [-0.15, -0.1) is 0 Å². The first kappa shape index (κ1) is 25.6. The molecule has 0 saturated carbocycles. The highest BCUT2D eigenvalue weighted by molar-refractivity contribution is 6.00. The van der Waals surface area contributed by atoms with Crippen LogP contribution in [-0.2, 0) is 4.74 Å². The summed E-state index contributed by atoms with van der Waals surface area (Å²) in [5, 5.41) is 17.9. The Morgan fingerprint density at radius 2 is 1.89 bits per heavy atom. The number of fused-ring (bicyclic) bond motifs is 1. The summed E-state index contributed by atoms with van der Waals surface area (Å²) in [6.45, 7) is 10.1. The second kappa shape index (κ2) is 11.5. The summed E-state index contributed by atoms with van der Waals surface area (Å²) in [7, 11) is 0. The average molecular weight is 494 g/mol. The van der Waals surface area contributed by atoms with Gasteiger partial charge in [0.25, 0.3) is 5.91 Å². The van der Waals surface area contributed by atoms with Crippen molar-refractivity contribution >= 4 is 5.91 Å². The number of rotatable bonds is 12. The number of para-hydroxylation sites is 1. The van der Waals surface area contributed by atoms with Crippen molar-refractivity contribution in [3.8, 4) is 28.5 Å². The number of phenols is 1. The molecule has 3 aromatic rings. The molecule has 1 unspecified atom stereocenters. The van der Waals surface area contributed by atoms with E-state index in [-0.39, 0.29) is 17.8 Å². The number of ether oxygens (including phenoxy) is 3. The highest BCUT2D eigenvalue weighted by Crippen LogP contribution is 2.45. The molecule has 0 fully saturated rings. The number of nitrogens with one attached hydrogen (secondary N) is 1. The van der Waals surface area contributed by atoms with Crippen LogP contribution < -0.4 is 9.47 Å².